The molecule has 0 fully saturated rings. The third-order valence-corrected chi connectivity index (χ3v) is 4.33. The zero-order valence-corrected chi connectivity index (χ0v) is 15.0. The molecule has 0 radical (unpaired) electrons. The standard InChI is InChI=1S/C21H18ClNO3/c1-14(18-8-4-6-15-5-2-3-7-19(15)18)23-20(24)13-26-21(25)16-9-11-17(22)12-10-16/h2-12,14H,13H2,1H3,(H,23,24)/t14-/m1/s1. The van der Waals surface area contributed by atoms with Crippen LogP contribution in [0.5, 0.6) is 0 Å². The van der Waals surface area contributed by atoms with Gasteiger partial charge in [0.05, 0.1) is 11.6 Å². The lowest BCUT2D eigenvalue weighted by atomic mass is 10.00. The van der Waals surface area contributed by atoms with E-state index in [1.54, 1.807) is 24.3 Å². The summed E-state index contributed by atoms with van der Waals surface area (Å²) in [5.41, 5.74) is 1.37. The van der Waals surface area contributed by atoms with Crippen LogP contribution in [-0.4, -0.2) is 18.5 Å². The molecule has 3 aromatic rings. The average molecular weight is 368 g/mol. The van der Waals surface area contributed by atoms with E-state index in [2.05, 4.69) is 5.32 Å². The second kappa shape index (κ2) is 8.02. The first kappa shape index (κ1) is 18.0. The van der Waals surface area contributed by atoms with Gasteiger partial charge in [0.25, 0.3) is 5.91 Å². The van der Waals surface area contributed by atoms with Crippen molar-refractivity contribution >= 4 is 34.2 Å². The van der Waals surface area contributed by atoms with Crippen LogP contribution in [0.2, 0.25) is 5.02 Å². The molecule has 0 saturated heterocycles. The highest BCUT2D eigenvalue weighted by Gasteiger charge is 2.14. The fourth-order valence-electron chi connectivity index (χ4n) is 2.79. The van der Waals surface area contributed by atoms with E-state index in [-0.39, 0.29) is 18.6 Å². The summed E-state index contributed by atoms with van der Waals surface area (Å²) < 4.78 is 5.06. The van der Waals surface area contributed by atoms with Crippen molar-refractivity contribution in [3.05, 3.63) is 82.9 Å². The molecule has 132 valence electrons. The maximum Gasteiger partial charge on any atom is 0.338 e. The van der Waals surface area contributed by atoms with Crippen LogP contribution in [0.4, 0.5) is 0 Å². The Bertz CT molecular complexity index is 932. The summed E-state index contributed by atoms with van der Waals surface area (Å²) in [5, 5.41) is 5.59. The molecule has 3 aromatic carbocycles. The van der Waals surface area contributed by atoms with Gasteiger partial charge in [-0.1, -0.05) is 54.1 Å². The van der Waals surface area contributed by atoms with Crippen molar-refractivity contribution in [2.75, 3.05) is 6.61 Å². The lowest BCUT2D eigenvalue weighted by molar-refractivity contribution is -0.124. The topological polar surface area (TPSA) is 55.4 Å². The van der Waals surface area contributed by atoms with Crippen molar-refractivity contribution in [3.8, 4) is 0 Å². The molecule has 0 aliphatic heterocycles. The second-order valence-electron chi connectivity index (χ2n) is 5.94. The summed E-state index contributed by atoms with van der Waals surface area (Å²) in [6, 6.07) is 20.1. The van der Waals surface area contributed by atoms with Crippen LogP contribution >= 0.6 is 11.6 Å². The molecule has 0 saturated carbocycles. The van der Waals surface area contributed by atoms with Gasteiger partial charge in [0, 0.05) is 5.02 Å². The van der Waals surface area contributed by atoms with Gasteiger partial charge in [-0.3, -0.25) is 4.79 Å². The molecule has 0 bridgehead atoms. The number of benzene rings is 3. The van der Waals surface area contributed by atoms with Crippen LogP contribution in [0.3, 0.4) is 0 Å². The minimum atomic E-state index is -0.561. The summed E-state index contributed by atoms with van der Waals surface area (Å²) in [6.45, 7) is 1.57. The minimum absolute atomic E-state index is 0.206. The number of esters is 1. The second-order valence-corrected chi connectivity index (χ2v) is 6.38. The van der Waals surface area contributed by atoms with Gasteiger partial charge in [-0.05, 0) is 47.5 Å². The number of amides is 1. The van der Waals surface area contributed by atoms with Gasteiger partial charge in [-0.25, -0.2) is 4.79 Å². The molecule has 0 aliphatic carbocycles. The number of hydrogen-bond donors (Lipinski definition) is 1. The lowest BCUT2D eigenvalue weighted by Crippen LogP contribution is -2.31. The quantitative estimate of drug-likeness (QED) is 0.674. The van der Waals surface area contributed by atoms with Crippen LogP contribution in [0.15, 0.2) is 66.7 Å². The Balaban J connectivity index is 1.60. The van der Waals surface area contributed by atoms with Crippen molar-refractivity contribution in [1.29, 1.82) is 0 Å². The Morgan fingerprint density at radius 2 is 1.69 bits per heavy atom. The van der Waals surface area contributed by atoms with E-state index in [0.29, 0.717) is 10.6 Å². The van der Waals surface area contributed by atoms with Crippen LogP contribution in [0.25, 0.3) is 10.8 Å². The number of carbonyl (C=O) groups is 2. The summed E-state index contributed by atoms with van der Waals surface area (Å²) in [4.78, 5) is 24.1. The highest BCUT2D eigenvalue weighted by atomic mass is 35.5. The van der Waals surface area contributed by atoms with Crippen molar-refractivity contribution in [2.24, 2.45) is 0 Å². The van der Waals surface area contributed by atoms with Gasteiger partial charge in [0.1, 0.15) is 0 Å². The van der Waals surface area contributed by atoms with Crippen molar-refractivity contribution in [3.63, 3.8) is 0 Å². The van der Waals surface area contributed by atoms with Gasteiger partial charge in [-0.2, -0.15) is 0 Å². The van der Waals surface area contributed by atoms with Gasteiger partial charge in [0.15, 0.2) is 6.61 Å². The highest BCUT2D eigenvalue weighted by molar-refractivity contribution is 6.30. The van der Waals surface area contributed by atoms with Crippen LogP contribution in [-0.2, 0) is 9.53 Å². The normalized spacial score (nSPS) is 11.8. The molecule has 1 N–H and O–H groups in total. The Hall–Kier alpha value is -2.85. The Kier molecular flexibility index (Phi) is 5.54. The number of nitrogens with one attached hydrogen (secondary N) is 1. The number of halogens is 1. The van der Waals surface area contributed by atoms with Crippen LogP contribution in [0, 0.1) is 0 Å². The van der Waals surface area contributed by atoms with Crippen molar-refractivity contribution < 1.29 is 14.3 Å². The molecule has 0 aromatic heterocycles. The fraction of sp³-hybridized carbons (Fsp3) is 0.143. The SMILES string of the molecule is C[C@@H](NC(=O)COC(=O)c1ccc(Cl)cc1)c1cccc2ccccc12. The largest absolute Gasteiger partial charge is 0.452 e. The first-order valence-electron chi connectivity index (χ1n) is 8.24. The zero-order chi connectivity index (χ0) is 18.5. The molecule has 0 spiro atoms. The van der Waals surface area contributed by atoms with E-state index in [9.17, 15) is 9.59 Å². The van der Waals surface area contributed by atoms with E-state index < -0.39 is 5.97 Å². The molecule has 4 nitrogen and oxygen atoms in total. The molecular weight excluding hydrogens is 350 g/mol. The maximum absolute atomic E-state index is 12.1. The van der Waals surface area contributed by atoms with E-state index in [0.717, 1.165) is 16.3 Å². The molecule has 3 rings (SSSR count). The molecule has 1 atom stereocenters. The maximum atomic E-state index is 12.1. The summed E-state index contributed by atoms with van der Waals surface area (Å²) in [6.07, 6.45) is 0. The predicted octanol–water partition coefficient (Wildman–Crippen LogP) is 4.53. The number of hydrogen-bond acceptors (Lipinski definition) is 3. The minimum Gasteiger partial charge on any atom is -0.452 e. The third kappa shape index (κ3) is 4.21. The van der Waals surface area contributed by atoms with Gasteiger partial charge in [-0.15, -0.1) is 0 Å². The predicted molar refractivity (Wildman–Crippen MR) is 102 cm³/mol. The first-order valence-corrected chi connectivity index (χ1v) is 8.62. The number of fused-ring (bicyclic) bond motifs is 1. The average Bonchev–Trinajstić information content (AvgIpc) is 2.66. The monoisotopic (exact) mass is 367 g/mol. The van der Waals surface area contributed by atoms with E-state index in [1.807, 2.05) is 49.4 Å². The molecule has 0 aliphatic rings. The Morgan fingerprint density at radius 3 is 2.46 bits per heavy atom. The molecule has 5 heteroatoms. The van der Waals surface area contributed by atoms with E-state index in [4.69, 9.17) is 16.3 Å². The highest BCUT2D eigenvalue weighted by Crippen LogP contribution is 2.23. The first-order chi connectivity index (χ1) is 12.5. The smallest absolute Gasteiger partial charge is 0.338 e. The third-order valence-electron chi connectivity index (χ3n) is 4.08. The Labute approximate surface area is 156 Å². The van der Waals surface area contributed by atoms with Crippen LogP contribution in [0.1, 0.15) is 28.9 Å². The number of rotatable bonds is 5. The van der Waals surface area contributed by atoms with Gasteiger partial charge < -0.3 is 10.1 Å². The van der Waals surface area contributed by atoms with Crippen LogP contribution < -0.4 is 5.32 Å². The van der Waals surface area contributed by atoms with E-state index in [1.165, 1.54) is 0 Å². The molecule has 0 heterocycles. The number of ether oxygens (including phenoxy) is 1. The fourth-order valence-corrected chi connectivity index (χ4v) is 2.92. The zero-order valence-electron chi connectivity index (χ0n) is 14.2. The van der Waals surface area contributed by atoms with E-state index >= 15 is 0 Å². The lowest BCUT2D eigenvalue weighted by Gasteiger charge is -2.16. The Morgan fingerprint density at radius 1 is 1.00 bits per heavy atom. The summed E-state index contributed by atoms with van der Waals surface area (Å²) >= 11 is 5.78. The molecule has 0 unspecified atom stereocenters. The molecular formula is C21H18ClNO3. The summed E-state index contributed by atoms with van der Waals surface area (Å²) in [7, 11) is 0. The van der Waals surface area contributed by atoms with Gasteiger partial charge in [0.2, 0.25) is 0 Å². The van der Waals surface area contributed by atoms with Crippen molar-refractivity contribution in [1.82, 2.24) is 5.32 Å². The molecule has 26 heavy (non-hydrogen) atoms. The van der Waals surface area contributed by atoms with Gasteiger partial charge >= 0.3 is 5.97 Å². The summed E-state index contributed by atoms with van der Waals surface area (Å²) in [5.74, 6) is -0.914. The molecule has 1 amide bonds. The number of carbonyl (C=O) groups excluding carboxylic acids is 2. The van der Waals surface area contributed by atoms with Crippen molar-refractivity contribution in [2.45, 2.75) is 13.0 Å².